The van der Waals surface area contributed by atoms with Gasteiger partial charge in [-0.2, -0.15) is 0 Å². The third-order valence-corrected chi connectivity index (χ3v) is 6.35. The predicted octanol–water partition coefficient (Wildman–Crippen LogP) is 5.82. The van der Waals surface area contributed by atoms with E-state index in [1.807, 2.05) is 12.1 Å². The second kappa shape index (κ2) is 9.17. The molecule has 0 amide bonds. The summed E-state index contributed by atoms with van der Waals surface area (Å²) in [6.07, 6.45) is 2.06. The first-order valence-corrected chi connectivity index (χ1v) is 11.5. The van der Waals surface area contributed by atoms with Gasteiger partial charge in [0.15, 0.2) is 5.11 Å². The summed E-state index contributed by atoms with van der Waals surface area (Å²) in [5.41, 5.74) is 4.81. The number of piperidine rings is 1. The van der Waals surface area contributed by atoms with Crippen molar-refractivity contribution in [2.24, 2.45) is 0 Å². The molecule has 0 aliphatic carbocycles. The smallest absolute Gasteiger partial charge is 0.173 e. The highest BCUT2D eigenvalue weighted by molar-refractivity contribution is 7.80. The monoisotopic (exact) mass is 439 g/mol. The fourth-order valence-electron chi connectivity index (χ4n) is 4.84. The zero-order valence-electron chi connectivity index (χ0n) is 20.0. The van der Waals surface area contributed by atoms with Gasteiger partial charge in [0, 0.05) is 29.4 Å². The number of hydrogen-bond donors (Lipinski definition) is 2. The Morgan fingerprint density at radius 3 is 2.26 bits per heavy atom. The number of aryl methyl sites for hydroxylation is 2. The summed E-state index contributed by atoms with van der Waals surface area (Å²) in [7, 11) is 1.70. The van der Waals surface area contributed by atoms with Gasteiger partial charge in [0.25, 0.3) is 0 Å². The van der Waals surface area contributed by atoms with Gasteiger partial charge in [-0.05, 0) is 101 Å². The van der Waals surface area contributed by atoms with Crippen LogP contribution in [0.3, 0.4) is 0 Å². The van der Waals surface area contributed by atoms with E-state index >= 15 is 0 Å². The van der Waals surface area contributed by atoms with Crippen LogP contribution < -0.4 is 15.4 Å². The lowest BCUT2D eigenvalue weighted by atomic mass is 9.79. The first-order chi connectivity index (χ1) is 14.5. The van der Waals surface area contributed by atoms with E-state index in [1.54, 1.807) is 7.11 Å². The minimum absolute atomic E-state index is 0.0411. The number of methoxy groups -OCH3 is 1. The lowest BCUT2D eigenvalue weighted by Crippen LogP contribution is -2.63. The number of nitrogens with zero attached hydrogens (tertiary/aromatic N) is 1. The highest BCUT2D eigenvalue weighted by Crippen LogP contribution is 2.33. The van der Waals surface area contributed by atoms with Gasteiger partial charge in [0.05, 0.1) is 7.11 Å². The van der Waals surface area contributed by atoms with E-state index < -0.39 is 0 Å². The molecule has 1 heterocycles. The van der Waals surface area contributed by atoms with Gasteiger partial charge in [-0.25, -0.2) is 0 Å². The minimum Gasteiger partial charge on any atom is -0.497 e. The van der Waals surface area contributed by atoms with Crippen LogP contribution in [-0.2, 0) is 6.54 Å². The van der Waals surface area contributed by atoms with Crippen molar-refractivity contribution in [3.05, 3.63) is 59.2 Å². The highest BCUT2D eigenvalue weighted by atomic mass is 32.1. The largest absolute Gasteiger partial charge is 0.497 e. The van der Waals surface area contributed by atoms with Gasteiger partial charge >= 0.3 is 0 Å². The molecule has 0 unspecified atom stereocenters. The van der Waals surface area contributed by atoms with Crippen molar-refractivity contribution in [2.45, 2.75) is 78.0 Å². The number of rotatable bonds is 5. The molecule has 2 aromatic carbocycles. The number of thiocarbonyl (C=S) groups is 1. The van der Waals surface area contributed by atoms with Crippen molar-refractivity contribution in [3.63, 3.8) is 0 Å². The molecule has 0 bridgehead atoms. The summed E-state index contributed by atoms with van der Waals surface area (Å²) >= 11 is 6.01. The Hall–Kier alpha value is -2.11. The van der Waals surface area contributed by atoms with Crippen LogP contribution in [0.1, 0.15) is 57.2 Å². The summed E-state index contributed by atoms with van der Waals surface area (Å²) in [4.78, 5) is 2.38. The molecular weight excluding hydrogens is 402 g/mol. The quantitative estimate of drug-likeness (QED) is 0.574. The van der Waals surface area contributed by atoms with E-state index in [9.17, 15) is 0 Å². The lowest BCUT2D eigenvalue weighted by molar-refractivity contribution is 0.101. The van der Waals surface area contributed by atoms with Crippen LogP contribution in [0.5, 0.6) is 5.75 Å². The average Bonchev–Trinajstić information content (AvgIpc) is 2.67. The molecule has 0 spiro atoms. The molecule has 0 saturated carbocycles. The SMILES string of the molecule is COc1ccc(CN(C(=S)Nc2cc(C)ccc2C)C2CC(C)(C)NC(C)(C)C2)cc1. The van der Waals surface area contributed by atoms with Gasteiger partial charge in [-0.3, -0.25) is 0 Å². The van der Waals surface area contributed by atoms with Crippen LogP contribution in [0.4, 0.5) is 5.69 Å². The maximum absolute atomic E-state index is 6.01. The van der Waals surface area contributed by atoms with Crippen LogP contribution in [0.15, 0.2) is 42.5 Å². The summed E-state index contributed by atoms with van der Waals surface area (Å²) < 4.78 is 5.34. The Balaban J connectivity index is 1.90. The Kier molecular flexibility index (Phi) is 6.97. The van der Waals surface area contributed by atoms with Crippen LogP contribution >= 0.6 is 12.2 Å². The molecule has 1 aliphatic rings. The van der Waals surface area contributed by atoms with E-state index in [4.69, 9.17) is 17.0 Å². The van der Waals surface area contributed by atoms with Gasteiger partial charge < -0.3 is 20.3 Å². The first-order valence-electron chi connectivity index (χ1n) is 11.1. The molecule has 0 atom stereocenters. The van der Waals surface area contributed by atoms with E-state index in [-0.39, 0.29) is 11.1 Å². The van der Waals surface area contributed by atoms with Crippen LogP contribution in [-0.4, -0.2) is 34.2 Å². The number of benzene rings is 2. The van der Waals surface area contributed by atoms with Crippen molar-refractivity contribution in [1.29, 1.82) is 0 Å². The topological polar surface area (TPSA) is 36.5 Å². The molecule has 2 aromatic rings. The van der Waals surface area contributed by atoms with Crippen LogP contribution in [0.2, 0.25) is 0 Å². The fourth-order valence-corrected chi connectivity index (χ4v) is 5.16. The molecule has 31 heavy (non-hydrogen) atoms. The van der Waals surface area contributed by atoms with Gasteiger partial charge in [0.1, 0.15) is 5.75 Å². The van der Waals surface area contributed by atoms with Gasteiger partial charge in [0.2, 0.25) is 0 Å². The molecule has 3 rings (SSSR count). The summed E-state index contributed by atoms with van der Waals surface area (Å²) in [5.74, 6) is 0.871. The van der Waals surface area contributed by atoms with Crippen molar-refractivity contribution < 1.29 is 4.74 Å². The maximum Gasteiger partial charge on any atom is 0.173 e. The third-order valence-electron chi connectivity index (χ3n) is 6.02. The third kappa shape index (κ3) is 6.20. The molecule has 4 nitrogen and oxygen atoms in total. The van der Waals surface area contributed by atoms with Crippen molar-refractivity contribution in [1.82, 2.24) is 10.2 Å². The molecule has 168 valence electrons. The molecule has 0 radical (unpaired) electrons. The van der Waals surface area contributed by atoms with Crippen LogP contribution in [0, 0.1) is 13.8 Å². The maximum atomic E-state index is 6.01. The molecule has 5 heteroatoms. The van der Waals surface area contributed by atoms with Gasteiger partial charge in [-0.1, -0.05) is 24.3 Å². The average molecular weight is 440 g/mol. The minimum atomic E-state index is 0.0411. The Morgan fingerprint density at radius 1 is 1.06 bits per heavy atom. The first kappa shape index (κ1) is 23.6. The molecule has 0 aromatic heterocycles. The number of ether oxygens (including phenoxy) is 1. The normalized spacial score (nSPS) is 17.8. The van der Waals surface area contributed by atoms with E-state index in [0.717, 1.165) is 35.9 Å². The molecular formula is C26H37N3OS. The Bertz CT molecular complexity index is 905. The molecule has 1 aliphatic heterocycles. The summed E-state index contributed by atoms with van der Waals surface area (Å²) in [5, 5.41) is 8.13. The number of hydrogen-bond acceptors (Lipinski definition) is 3. The van der Waals surface area contributed by atoms with E-state index in [0.29, 0.717) is 6.04 Å². The summed E-state index contributed by atoms with van der Waals surface area (Å²) in [6, 6.07) is 15.1. The summed E-state index contributed by atoms with van der Waals surface area (Å²) in [6.45, 7) is 14.1. The zero-order valence-corrected chi connectivity index (χ0v) is 20.8. The van der Waals surface area contributed by atoms with Crippen molar-refractivity contribution >= 4 is 23.0 Å². The van der Waals surface area contributed by atoms with E-state index in [2.05, 4.69) is 87.4 Å². The Morgan fingerprint density at radius 2 is 1.68 bits per heavy atom. The van der Waals surface area contributed by atoms with Crippen molar-refractivity contribution in [3.8, 4) is 5.75 Å². The van der Waals surface area contributed by atoms with Crippen molar-refractivity contribution in [2.75, 3.05) is 12.4 Å². The Labute approximate surface area is 193 Å². The number of anilines is 1. The second-order valence-corrected chi connectivity index (χ2v) is 10.6. The molecule has 1 saturated heterocycles. The second-order valence-electron chi connectivity index (χ2n) is 10.2. The molecule has 1 fully saturated rings. The zero-order chi connectivity index (χ0) is 22.8. The standard InChI is InChI=1S/C26H37N3OS/c1-18-8-9-19(2)23(14-18)27-24(31)29(17-20-10-12-22(30-7)13-11-20)21-15-25(3,4)28-26(5,6)16-21/h8-14,21,28H,15-17H2,1-7H3,(H,27,31). The van der Waals surface area contributed by atoms with Crippen LogP contribution in [0.25, 0.3) is 0 Å². The lowest BCUT2D eigenvalue weighted by Gasteiger charge is -2.50. The fraction of sp³-hybridized carbons (Fsp3) is 0.500. The molecule has 2 N–H and O–H groups in total. The van der Waals surface area contributed by atoms with Gasteiger partial charge in [-0.15, -0.1) is 0 Å². The highest BCUT2D eigenvalue weighted by Gasteiger charge is 2.40. The number of nitrogens with one attached hydrogen (secondary N) is 2. The predicted molar refractivity (Wildman–Crippen MR) is 135 cm³/mol. The van der Waals surface area contributed by atoms with E-state index in [1.165, 1.54) is 16.7 Å².